The van der Waals surface area contributed by atoms with Crippen LogP contribution in [0.1, 0.15) is 88.6 Å². The maximum atomic E-state index is 13.5. The van der Waals surface area contributed by atoms with Gasteiger partial charge >= 0.3 is 5.97 Å². The first-order valence-corrected chi connectivity index (χ1v) is 17.1. The molecule has 4 rings (SSSR count). The lowest BCUT2D eigenvalue weighted by Crippen LogP contribution is -2.39. The SMILES string of the molecule is CCOC(=O)[C@@H](OC(C)(C)C)c1c(C)nc(C)c(-c2ccc(COS(=O)(=O)c3ccc(C)cc3)cc2)c1N1CCC(C)(C)CC1. The lowest BCUT2D eigenvalue weighted by atomic mass is 9.81. The van der Waals surface area contributed by atoms with E-state index in [0.29, 0.717) is 5.56 Å². The second-order valence-corrected chi connectivity index (χ2v) is 15.3. The van der Waals surface area contributed by atoms with Gasteiger partial charge in [-0.3, -0.25) is 9.17 Å². The van der Waals surface area contributed by atoms with Crippen LogP contribution in [0.2, 0.25) is 0 Å². The van der Waals surface area contributed by atoms with E-state index in [1.165, 1.54) is 0 Å². The minimum atomic E-state index is -3.90. The maximum Gasteiger partial charge on any atom is 0.340 e. The summed E-state index contributed by atoms with van der Waals surface area (Å²) in [6.45, 7) is 19.8. The van der Waals surface area contributed by atoms with Gasteiger partial charge in [-0.1, -0.05) is 55.8 Å². The summed E-state index contributed by atoms with van der Waals surface area (Å²) < 4.78 is 42.9. The Bertz CT molecular complexity index is 1600. The van der Waals surface area contributed by atoms with E-state index in [1.807, 2.05) is 65.8 Å². The molecule has 1 aliphatic heterocycles. The minimum Gasteiger partial charge on any atom is -0.464 e. The molecule has 1 aromatic heterocycles. The van der Waals surface area contributed by atoms with Gasteiger partial charge < -0.3 is 14.4 Å². The summed E-state index contributed by atoms with van der Waals surface area (Å²) in [5.74, 6) is -0.437. The van der Waals surface area contributed by atoms with Crippen molar-refractivity contribution < 1.29 is 26.9 Å². The molecule has 0 N–H and O–H groups in total. The van der Waals surface area contributed by atoms with E-state index >= 15 is 0 Å². The predicted octanol–water partition coefficient (Wildman–Crippen LogP) is 7.63. The predicted molar refractivity (Wildman–Crippen MR) is 178 cm³/mol. The number of carbonyl (C=O) groups is 1. The molecule has 1 atom stereocenters. The van der Waals surface area contributed by atoms with Crippen molar-refractivity contribution in [3.63, 3.8) is 0 Å². The molecule has 0 bridgehead atoms. The lowest BCUT2D eigenvalue weighted by molar-refractivity contribution is -0.166. The van der Waals surface area contributed by atoms with Crippen LogP contribution < -0.4 is 4.90 Å². The van der Waals surface area contributed by atoms with E-state index in [1.54, 1.807) is 31.2 Å². The number of carbonyl (C=O) groups excluding carboxylic acids is 1. The van der Waals surface area contributed by atoms with E-state index in [9.17, 15) is 13.2 Å². The zero-order valence-corrected chi connectivity index (χ0v) is 29.0. The van der Waals surface area contributed by atoms with Crippen molar-refractivity contribution in [3.05, 3.63) is 76.6 Å². The Hall–Kier alpha value is -3.27. The van der Waals surface area contributed by atoms with Gasteiger partial charge in [0.15, 0.2) is 6.10 Å². The molecule has 1 aliphatic rings. The van der Waals surface area contributed by atoms with Crippen LogP contribution in [0.5, 0.6) is 0 Å². The molecular weight excluding hydrogens is 588 g/mol. The molecule has 3 aromatic rings. The van der Waals surface area contributed by atoms with Crippen LogP contribution in [0.4, 0.5) is 5.69 Å². The average Bonchev–Trinajstić information content (AvgIpc) is 2.95. The number of hydrogen-bond donors (Lipinski definition) is 0. The Kier molecular flexibility index (Phi) is 10.5. The van der Waals surface area contributed by atoms with Crippen molar-refractivity contribution in [3.8, 4) is 11.1 Å². The minimum absolute atomic E-state index is 0.0920. The highest BCUT2D eigenvalue weighted by molar-refractivity contribution is 7.86. The van der Waals surface area contributed by atoms with Crippen LogP contribution in [-0.2, 0) is 35.2 Å². The van der Waals surface area contributed by atoms with Crippen molar-refractivity contribution in [2.24, 2.45) is 5.41 Å². The van der Waals surface area contributed by atoms with E-state index in [4.69, 9.17) is 18.6 Å². The van der Waals surface area contributed by atoms with Crippen LogP contribution in [0.3, 0.4) is 0 Å². The number of esters is 1. The smallest absolute Gasteiger partial charge is 0.340 e. The summed E-state index contributed by atoms with van der Waals surface area (Å²) in [6.07, 6.45) is 1.05. The molecule has 244 valence electrons. The van der Waals surface area contributed by atoms with E-state index < -0.39 is 27.8 Å². The molecule has 0 radical (unpaired) electrons. The van der Waals surface area contributed by atoms with Gasteiger partial charge in [-0.05, 0) is 90.0 Å². The largest absolute Gasteiger partial charge is 0.464 e. The van der Waals surface area contributed by atoms with Crippen LogP contribution in [0.25, 0.3) is 11.1 Å². The number of rotatable bonds is 10. The zero-order chi connectivity index (χ0) is 33.2. The Morgan fingerprint density at radius 1 is 0.956 bits per heavy atom. The molecule has 2 heterocycles. The van der Waals surface area contributed by atoms with E-state index in [0.717, 1.165) is 65.3 Å². The highest BCUT2D eigenvalue weighted by atomic mass is 32.2. The fraction of sp³-hybridized carbons (Fsp3) is 0.500. The number of aromatic nitrogens is 1. The summed E-state index contributed by atoms with van der Waals surface area (Å²) in [5, 5.41) is 0. The van der Waals surface area contributed by atoms with Gasteiger partial charge in [0.2, 0.25) is 0 Å². The molecule has 45 heavy (non-hydrogen) atoms. The first-order chi connectivity index (χ1) is 21.0. The highest BCUT2D eigenvalue weighted by Gasteiger charge is 2.37. The molecule has 0 spiro atoms. The van der Waals surface area contributed by atoms with E-state index in [-0.39, 0.29) is 23.5 Å². The third-order valence-electron chi connectivity index (χ3n) is 8.18. The number of pyridine rings is 1. The Morgan fingerprint density at radius 3 is 2.11 bits per heavy atom. The number of benzene rings is 2. The number of anilines is 1. The number of ether oxygens (including phenoxy) is 2. The average molecular weight is 637 g/mol. The van der Waals surface area contributed by atoms with Crippen molar-refractivity contribution in [1.82, 2.24) is 4.98 Å². The molecule has 1 fully saturated rings. The quantitative estimate of drug-likeness (QED) is 0.166. The second-order valence-electron chi connectivity index (χ2n) is 13.7. The Balaban J connectivity index is 1.78. The van der Waals surface area contributed by atoms with Crippen LogP contribution >= 0.6 is 0 Å². The second kappa shape index (κ2) is 13.6. The fourth-order valence-corrected chi connectivity index (χ4v) is 6.55. The first kappa shape index (κ1) is 34.6. The van der Waals surface area contributed by atoms with Crippen LogP contribution in [0, 0.1) is 26.2 Å². The van der Waals surface area contributed by atoms with E-state index in [2.05, 4.69) is 18.7 Å². The summed E-state index contributed by atoms with van der Waals surface area (Å²) in [6, 6.07) is 14.3. The molecule has 0 amide bonds. The van der Waals surface area contributed by atoms with Crippen molar-refractivity contribution in [2.45, 2.75) is 98.4 Å². The van der Waals surface area contributed by atoms with Gasteiger partial charge in [0.25, 0.3) is 10.1 Å². The summed E-state index contributed by atoms with van der Waals surface area (Å²) in [7, 11) is -3.90. The van der Waals surface area contributed by atoms with Crippen molar-refractivity contribution in [1.29, 1.82) is 0 Å². The van der Waals surface area contributed by atoms with Crippen LogP contribution in [0.15, 0.2) is 53.4 Å². The van der Waals surface area contributed by atoms with Crippen molar-refractivity contribution in [2.75, 3.05) is 24.6 Å². The Labute approximate surface area is 269 Å². The number of hydrogen-bond acceptors (Lipinski definition) is 8. The molecule has 1 saturated heterocycles. The molecule has 0 aliphatic carbocycles. The van der Waals surface area contributed by atoms with Crippen LogP contribution in [-0.4, -0.2) is 44.7 Å². The summed E-state index contributed by atoms with van der Waals surface area (Å²) >= 11 is 0. The van der Waals surface area contributed by atoms with Gasteiger partial charge in [-0.25, -0.2) is 4.79 Å². The van der Waals surface area contributed by atoms with Gasteiger partial charge in [-0.2, -0.15) is 8.42 Å². The monoisotopic (exact) mass is 636 g/mol. The normalized spacial score (nSPS) is 16.0. The molecule has 8 nitrogen and oxygen atoms in total. The number of piperidine rings is 1. The van der Waals surface area contributed by atoms with Gasteiger partial charge in [0, 0.05) is 35.6 Å². The fourth-order valence-electron chi connectivity index (χ4n) is 5.65. The van der Waals surface area contributed by atoms with Gasteiger partial charge in [-0.15, -0.1) is 0 Å². The number of aryl methyl sites for hydroxylation is 3. The third kappa shape index (κ3) is 8.51. The first-order valence-electron chi connectivity index (χ1n) is 15.7. The highest BCUT2D eigenvalue weighted by Crippen LogP contribution is 2.45. The maximum absolute atomic E-state index is 13.5. The molecular formula is C36H48N2O6S. The topological polar surface area (TPSA) is 95.0 Å². The standard InChI is InChI=1S/C36H48N2O6S/c1-10-42-34(39)33(44-35(5,6)7)31-26(4)37-25(3)30(32(31)38-21-19-36(8,9)20-22-38)28-15-13-27(14-16-28)23-43-45(40,41)29-17-11-24(2)12-18-29/h11-18,33H,10,19-23H2,1-9H3/t33-/m0/s1. The summed E-state index contributed by atoms with van der Waals surface area (Å²) in [5.41, 5.74) is 6.34. The molecule has 0 saturated carbocycles. The lowest BCUT2D eigenvalue weighted by Gasteiger charge is -2.41. The summed E-state index contributed by atoms with van der Waals surface area (Å²) in [4.78, 5) is 20.9. The zero-order valence-electron chi connectivity index (χ0n) is 28.2. The molecule has 9 heteroatoms. The van der Waals surface area contributed by atoms with Gasteiger partial charge in [0.1, 0.15) is 0 Å². The molecule has 2 aromatic carbocycles. The van der Waals surface area contributed by atoms with Crippen molar-refractivity contribution >= 4 is 21.8 Å². The third-order valence-corrected chi connectivity index (χ3v) is 9.46. The number of nitrogens with zero attached hydrogens (tertiary/aromatic N) is 2. The van der Waals surface area contributed by atoms with Gasteiger partial charge in [0.05, 0.1) is 29.4 Å². The Morgan fingerprint density at radius 2 is 1.56 bits per heavy atom. The molecule has 0 unspecified atom stereocenters.